The van der Waals surface area contributed by atoms with Crippen molar-refractivity contribution in [2.24, 2.45) is 0 Å². The van der Waals surface area contributed by atoms with Crippen molar-refractivity contribution in [1.29, 1.82) is 0 Å². The van der Waals surface area contributed by atoms with E-state index in [9.17, 15) is 0 Å². The SMILES string of the molecule is c1ccc(-c2ccc(-c3nc(-c4ccccc4)nc(-c4ccccc4)n3)c(-n3c4ccccc4c4ccc(-c5cccc6c5sc5ccccc56)cc43)c2)cc1. The Labute approximate surface area is 327 Å². The van der Waals surface area contributed by atoms with E-state index in [1.807, 2.05) is 47.7 Å². The Morgan fingerprint density at radius 1 is 0.339 bits per heavy atom. The number of benzene rings is 8. The summed E-state index contributed by atoms with van der Waals surface area (Å²) in [5.74, 6) is 1.88. The first kappa shape index (κ1) is 32.2. The molecule has 0 amide bonds. The van der Waals surface area contributed by atoms with Crippen LogP contribution in [0.15, 0.2) is 194 Å². The highest BCUT2D eigenvalue weighted by atomic mass is 32.1. The quantitative estimate of drug-likeness (QED) is 0.171. The lowest BCUT2D eigenvalue weighted by molar-refractivity contribution is 1.06. The lowest BCUT2D eigenvalue weighted by atomic mass is 10.0. The van der Waals surface area contributed by atoms with Crippen molar-refractivity contribution in [3.05, 3.63) is 194 Å². The maximum absolute atomic E-state index is 5.22. The van der Waals surface area contributed by atoms with Crippen LogP contribution in [0.1, 0.15) is 0 Å². The van der Waals surface area contributed by atoms with Gasteiger partial charge >= 0.3 is 0 Å². The molecular weight excluding hydrogens is 701 g/mol. The van der Waals surface area contributed by atoms with E-state index in [0.29, 0.717) is 17.5 Å². The summed E-state index contributed by atoms with van der Waals surface area (Å²) in [4.78, 5) is 15.5. The van der Waals surface area contributed by atoms with Gasteiger partial charge in [0.05, 0.1) is 16.7 Å². The lowest BCUT2D eigenvalue weighted by Gasteiger charge is -2.17. The van der Waals surface area contributed by atoms with Crippen LogP contribution in [0.5, 0.6) is 0 Å². The maximum atomic E-state index is 5.22. The number of rotatable bonds is 6. The molecule has 11 rings (SSSR count). The number of nitrogens with zero attached hydrogens (tertiary/aromatic N) is 4. The van der Waals surface area contributed by atoms with Crippen molar-refractivity contribution in [3.8, 4) is 62.1 Å². The number of thiophene rings is 1. The van der Waals surface area contributed by atoms with Gasteiger partial charge in [-0.1, -0.05) is 164 Å². The van der Waals surface area contributed by atoms with Gasteiger partial charge in [0.25, 0.3) is 0 Å². The van der Waals surface area contributed by atoms with Crippen LogP contribution >= 0.6 is 11.3 Å². The second-order valence-electron chi connectivity index (χ2n) is 14.0. The molecule has 0 aliphatic carbocycles. The molecule has 5 heteroatoms. The number of hydrogen-bond donors (Lipinski definition) is 0. The molecule has 0 bridgehead atoms. The van der Waals surface area contributed by atoms with Gasteiger partial charge in [-0.15, -0.1) is 11.3 Å². The average Bonchev–Trinajstić information content (AvgIpc) is 3.82. The van der Waals surface area contributed by atoms with Crippen LogP contribution in [0.2, 0.25) is 0 Å². The van der Waals surface area contributed by atoms with Gasteiger partial charge in [0, 0.05) is 47.6 Å². The lowest BCUT2D eigenvalue weighted by Crippen LogP contribution is -2.04. The summed E-state index contributed by atoms with van der Waals surface area (Å²) < 4.78 is 5.01. The molecule has 4 nitrogen and oxygen atoms in total. The Balaban J connectivity index is 1.21. The highest BCUT2D eigenvalue weighted by Gasteiger charge is 2.21. The fourth-order valence-corrected chi connectivity index (χ4v) is 9.26. The van der Waals surface area contributed by atoms with Crippen LogP contribution in [-0.4, -0.2) is 19.5 Å². The molecule has 56 heavy (non-hydrogen) atoms. The van der Waals surface area contributed by atoms with Gasteiger partial charge in [-0.25, -0.2) is 15.0 Å². The van der Waals surface area contributed by atoms with Gasteiger partial charge in [0.15, 0.2) is 17.5 Å². The highest BCUT2D eigenvalue weighted by Crippen LogP contribution is 2.43. The third kappa shape index (κ3) is 5.40. The van der Waals surface area contributed by atoms with Gasteiger partial charge in [0.1, 0.15) is 0 Å². The summed E-state index contributed by atoms with van der Waals surface area (Å²) >= 11 is 1.86. The van der Waals surface area contributed by atoms with E-state index in [0.717, 1.165) is 44.5 Å². The van der Waals surface area contributed by atoms with Crippen LogP contribution in [0.4, 0.5) is 0 Å². The second kappa shape index (κ2) is 13.3. The summed E-state index contributed by atoms with van der Waals surface area (Å²) in [5.41, 5.74) is 10.7. The van der Waals surface area contributed by atoms with Gasteiger partial charge < -0.3 is 4.57 Å². The number of aromatic nitrogens is 4. The monoisotopic (exact) mass is 732 g/mol. The first-order valence-corrected chi connectivity index (χ1v) is 19.6. The number of hydrogen-bond acceptors (Lipinski definition) is 4. The number of para-hydroxylation sites is 1. The van der Waals surface area contributed by atoms with E-state index in [-0.39, 0.29) is 0 Å². The molecule has 3 aromatic heterocycles. The van der Waals surface area contributed by atoms with Crippen LogP contribution in [0.3, 0.4) is 0 Å². The minimum Gasteiger partial charge on any atom is -0.308 e. The van der Waals surface area contributed by atoms with E-state index in [2.05, 4.69) is 162 Å². The normalized spacial score (nSPS) is 11.6. The molecule has 0 atom stereocenters. The molecule has 0 radical (unpaired) electrons. The number of fused-ring (bicyclic) bond motifs is 6. The molecule has 262 valence electrons. The van der Waals surface area contributed by atoms with E-state index < -0.39 is 0 Å². The summed E-state index contributed by atoms with van der Waals surface area (Å²) in [6.45, 7) is 0. The van der Waals surface area contributed by atoms with Gasteiger partial charge in [0.2, 0.25) is 0 Å². The summed E-state index contributed by atoms with van der Waals surface area (Å²) in [7, 11) is 0. The molecule has 0 fully saturated rings. The maximum Gasteiger partial charge on any atom is 0.166 e. The molecule has 0 aliphatic rings. The molecule has 0 saturated heterocycles. The summed E-state index contributed by atoms with van der Waals surface area (Å²) in [6.07, 6.45) is 0. The Morgan fingerprint density at radius 2 is 0.911 bits per heavy atom. The van der Waals surface area contributed by atoms with Crippen molar-refractivity contribution < 1.29 is 0 Å². The first-order chi connectivity index (χ1) is 27.8. The Kier molecular flexibility index (Phi) is 7.64. The molecule has 8 aromatic carbocycles. The molecular formula is C51H32N4S. The van der Waals surface area contributed by atoms with Crippen LogP contribution in [-0.2, 0) is 0 Å². The largest absolute Gasteiger partial charge is 0.308 e. The topological polar surface area (TPSA) is 43.6 Å². The predicted octanol–water partition coefficient (Wildman–Crippen LogP) is 13.7. The van der Waals surface area contributed by atoms with Gasteiger partial charge in [-0.05, 0) is 52.6 Å². The average molecular weight is 733 g/mol. The van der Waals surface area contributed by atoms with Gasteiger partial charge in [-0.3, -0.25) is 0 Å². The Morgan fingerprint density at radius 3 is 1.64 bits per heavy atom. The second-order valence-corrected chi connectivity index (χ2v) is 15.1. The predicted molar refractivity (Wildman–Crippen MR) is 234 cm³/mol. The highest BCUT2D eigenvalue weighted by molar-refractivity contribution is 7.26. The minimum atomic E-state index is 0.615. The zero-order valence-electron chi connectivity index (χ0n) is 30.2. The molecule has 0 aliphatic heterocycles. The molecule has 0 saturated carbocycles. The van der Waals surface area contributed by atoms with E-state index in [4.69, 9.17) is 15.0 Å². The smallest absolute Gasteiger partial charge is 0.166 e. The molecule has 0 spiro atoms. The van der Waals surface area contributed by atoms with Crippen molar-refractivity contribution in [1.82, 2.24) is 19.5 Å². The zero-order valence-corrected chi connectivity index (χ0v) is 31.0. The summed E-state index contributed by atoms with van der Waals surface area (Å²) in [5, 5.41) is 4.97. The van der Waals surface area contributed by atoms with Crippen molar-refractivity contribution in [2.45, 2.75) is 0 Å². The van der Waals surface area contributed by atoms with Crippen molar-refractivity contribution >= 4 is 53.3 Å². The van der Waals surface area contributed by atoms with E-state index in [1.165, 1.54) is 42.1 Å². The van der Waals surface area contributed by atoms with Crippen LogP contribution in [0.25, 0.3) is 104 Å². The fourth-order valence-electron chi connectivity index (χ4n) is 8.02. The van der Waals surface area contributed by atoms with Gasteiger partial charge in [-0.2, -0.15) is 0 Å². The van der Waals surface area contributed by atoms with Crippen LogP contribution < -0.4 is 0 Å². The molecule has 0 unspecified atom stereocenters. The van der Waals surface area contributed by atoms with E-state index >= 15 is 0 Å². The third-order valence-electron chi connectivity index (χ3n) is 10.7. The summed E-state index contributed by atoms with van der Waals surface area (Å²) in [6, 6.07) is 68.6. The van der Waals surface area contributed by atoms with Crippen molar-refractivity contribution in [3.63, 3.8) is 0 Å². The van der Waals surface area contributed by atoms with Crippen molar-refractivity contribution in [2.75, 3.05) is 0 Å². The van der Waals surface area contributed by atoms with Crippen LogP contribution in [0, 0.1) is 0 Å². The molecule has 11 aromatic rings. The minimum absolute atomic E-state index is 0.615. The Bertz CT molecular complexity index is 3180. The standard InChI is InChI=1S/C51H32N4S/c1-4-15-33(16-5-1)36-27-30-43(51-53-49(34-17-6-2-7-18-34)52-50(54-51)35-19-8-3-9-20-35)46(31-36)55-44-25-12-10-21-39(44)40-29-28-37(32-45(40)55)38-23-14-24-42-41-22-11-13-26-47(41)56-48(38)42/h1-32H. The first-order valence-electron chi connectivity index (χ1n) is 18.8. The zero-order chi connectivity index (χ0) is 37.0. The Hall–Kier alpha value is -7.21. The molecule has 3 heterocycles. The fraction of sp³-hybridized carbons (Fsp3) is 0. The third-order valence-corrected chi connectivity index (χ3v) is 11.9. The molecule has 0 N–H and O–H groups in total. The van der Waals surface area contributed by atoms with E-state index in [1.54, 1.807) is 0 Å².